The van der Waals surface area contributed by atoms with Crippen LogP contribution in [0.25, 0.3) is 0 Å². The van der Waals surface area contributed by atoms with E-state index in [2.05, 4.69) is 36.3 Å². The minimum absolute atomic E-state index is 0.0250. The Bertz CT molecular complexity index is 482. The lowest BCUT2D eigenvalue weighted by atomic mass is 10.00. The molecule has 2 N–H and O–H groups in total. The number of hydrogen-bond donors (Lipinski definition) is 1. The fraction of sp³-hybridized carbons (Fsp3) is 0.357. The number of rotatable bonds is 3. The molecule has 0 bridgehead atoms. The van der Waals surface area contributed by atoms with Gasteiger partial charge in [-0.3, -0.25) is 4.68 Å². The van der Waals surface area contributed by atoms with Gasteiger partial charge in [-0.25, -0.2) is 0 Å². The summed E-state index contributed by atoms with van der Waals surface area (Å²) < 4.78 is 1.95. The standard InChI is InChI=1S/C14H19N3/c1-10-4-6-13(7-5-10)14(12(3)15)17-9-11(2)8-16-17/h4-9,12,14H,15H2,1-3H3. The topological polar surface area (TPSA) is 43.8 Å². The van der Waals surface area contributed by atoms with Crippen molar-refractivity contribution in [1.82, 2.24) is 9.78 Å². The van der Waals surface area contributed by atoms with Crippen molar-refractivity contribution in [1.29, 1.82) is 0 Å². The van der Waals surface area contributed by atoms with Crippen LogP contribution in [-0.2, 0) is 0 Å². The molecule has 0 aliphatic carbocycles. The summed E-state index contributed by atoms with van der Waals surface area (Å²) in [7, 11) is 0. The molecule has 1 heterocycles. The Kier molecular flexibility index (Phi) is 3.29. The summed E-state index contributed by atoms with van der Waals surface area (Å²) in [5.74, 6) is 0. The first kappa shape index (κ1) is 11.9. The van der Waals surface area contributed by atoms with Crippen LogP contribution in [0.4, 0.5) is 0 Å². The molecule has 0 radical (unpaired) electrons. The summed E-state index contributed by atoms with van der Waals surface area (Å²) in [5, 5.41) is 4.37. The van der Waals surface area contributed by atoms with Crippen LogP contribution in [0.2, 0.25) is 0 Å². The fourth-order valence-corrected chi connectivity index (χ4v) is 2.05. The molecule has 17 heavy (non-hydrogen) atoms. The van der Waals surface area contributed by atoms with E-state index in [1.807, 2.05) is 30.9 Å². The average Bonchev–Trinajstić information content (AvgIpc) is 2.68. The molecule has 2 rings (SSSR count). The Hall–Kier alpha value is -1.61. The fourth-order valence-electron chi connectivity index (χ4n) is 2.05. The van der Waals surface area contributed by atoms with Crippen molar-refractivity contribution in [2.45, 2.75) is 32.9 Å². The van der Waals surface area contributed by atoms with Crippen LogP contribution in [0.5, 0.6) is 0 Å². The van der Waals surface area contributed by atoms with Crippen molar-refractivity contribution in [3.63, 3.8) is 0 Å². The predicted octanol–water partition coefficient (Wildman–Crippen LogP) is 2.44. The first-order valence-corrected chi connectivity index (χ1v) is 5.91. The van der Waals surface area contributed by atoms with Crippen molar-refractivity contribution in [2.24, 2.45) is 5.73 Å². The molecule has 90 valence electrons. The Labute approximate surface area is 102 Å². The second kappa shape index (κ2) is 4.72. The highest BCUT2D eigenvalue weighted by molar-refractivity contribution is 5.26. The van der Waals surface area contributed by atoms with E-state index < -0.39 is 0 Å². The lowest BCUT2D eigenvalue weighted by Gasteiger charge is -2.22. The van der Waals surface area contributed by atoms with Crippen LogP contribution in [0.3, 0.4) is 0 Å². The molecule has 1 aromatic heterocycles. The predicted molar refractivity (Wildman–Crippen MR) is 69.9 cm³/mol. The summed E-state index contributed by atoms with van der Waals surface area (Å²) in [6.45, 7) is 6.14. The molecule has 2 unspecified atom stereocenters. The lowest BCUT2D eigenvalue weighted by Crippen LogP contribution is -2.30. The summed E-state index contributed by atoms with van der Waals surface area (Å²) in [5.41, 5.74) is 9.70. The van der Waals surface area contributed by atoms with Gasteiger partial charge in [0.25, 0.3) is 0 Å². The third-order valence-corrected chi connectivity index (χ3v) is 2.93. The maximum absolute atomic E-state index is 6.09. The van der Waals surface area contributed by atoms with Gasteiger partial charge in [-0.2, -0.15) is 5.10 Å². The Morgan fingerprint density at radius 1 is 1.12 bits per heavy atom. The maximum Gasteiger partial charge on any atom is 0.0916 e. The van der Waals surface area contributed by atoms with Crippen LogP contribution >= 0.6 is 0 Å². The third kappa shape index (κ3) is 2.56. The zero-order valence-corrected chi connectivity index (χ0v) is 10.6. The highest BCUT2D eigenvalue weighted by atomic mass is 15.3. The molecule has 0 spiro atoms. The summed E-state index contributed by atoms with van der Waals surface area (Å²) in [6, 6.07) is 8.60. The second-order valence-electron chi connectivity index (χ2n) is 4.71. The first-order valence-electron chi connectivity index (χ1n) is 5.91. The Morgan fingerprint density at radius 2 is 1.76 bits per heavy atom. The van der Waals surface area contributed by atoms with Crippen molar-refractivity contribution >= 4 is 0 Å². The number of hydrogen-bond acceptors (Lipinski definition) is 2. The normalized spacial score (nSPS) is 14.6. The van der Waals surface area contributed by atoms with Crippen LogP contribution in [-0.4, -0.2) is 15.8 Å². The van der Waals surface area contributed by atoms with Gasteiger partial charge in [-0.15, -0.1) is 0 Å². The van der Waals surface area contributed by atoms with Crippen LogP contribution in [0, 0.1) is 13.8 Å². The lowest BCUT2D eigenvalue weighted by molar-refractivity contribution is 0.454. The van der Waals surface area contributed by atoms with Gasteiger partial charge in [0.1, 0.15) is 0 Å². The van der Waals surface area contributed by atoms with E-state index in [-0.39, 0.29) is 12.1 Å². The molecule has 1 aromatic carbocycles. The van der Waals surface area contributed by atoms with E-state index in [4.69, 9.17) is 5.73 Å². The monoisotopic (exact) mass is 229 g/mol. The SMILES string of the molecule is Cc1ccc(C(C(C)N)n2cc(C)cn2)cc1. The quantitative estimate of drug-likeness (QED) is 0.878. The van der Waals surface area contributed by atoms with Crippen LogP contribution in [0.15, 0.2) is 36.7 Å². The molecular weight excluding hydrogens is 210 g/mol. The van der Waals surface area contributed by atoms with Gasteiger partial charge in [-0.1, -0.05) is 29.8 Å². The molecule has 0 amide bonds. The van der Waals surface area contributed by atoms with Crippen molar-refractivity contribution < 1.29 is 0 Å². The molecule has 2 aromatic rings. The Morgan fingerprint density at radius 3 is 2.24 bits per heavy atom. The molecule has 0 saturated carbocycles. The Balaban J connectivity index is 2.39. The zero-order chi connectivity index (χ0) is 12.4. The second-order valence-corrected chi connectivity index (χ2v) is 4.71. The van der Waals surface area contributed by atoms with Gasteiger partial charge in [0.05, 0.1) is 12.2 Å². The van der Waals surface area contributed by atoms with E-state index in [0.717, 1.165) is 5.56 Å². The number of nitrogens with two attached hydrogens (primary N) is 1. The van der Waals surface area contributed by atoms with Crippen molar-refractivity contribution in [2.75, 3.05) is 0 Å². The highest BCUT2D eigenvalue weighted by Crippen LogP contribution is 2.21. The van der Waals surface area contributed by atoms with Crippen molar-refractivity contribution in [3.05, 3.63) is 53.3 Å². The van der Waals surface area contributed by atoms with E-state index in [9.17, 15) is 0 Å². The number of nitrogens with zero attached hydrogens (tertiary/aromatic N) is 2. The molecule has 3 heteroatoms. The highest BCUT2D eigenvalue weighted by Gasteiger charge is 2.18. The van der Waals surface area contributed by atoms with E-state index in [1.165, 1.54) is 11.1 Å². The minimum atomic E-state index is 0.0250. The zero-order valence-electron chi connectivity index (χ0n) is 10.6. The van der Waals surface area contributed by atoms with Crippen LogP contribution < -0.4 is 5.73 Å². The van der Waals surface area contributed by atoms with Gasteiger partial charge in [0, 0.05) is 12.2 Å². The summed E-state index contributed by atoms with van der Waals surface area (Å²) in [6.07, 6.45) is 3.90. The maximum atomic E-state index is 6.09. The smallest absolute Gasteiger partial charge is 0.0916 e. The van der Waals surface area contributed by atoms with Gasteiger partial charge in [-0.05, 0) is 31.9 Å². The van der Waals surface area contributed by atoms with Gasteiger partial charge < -0.3 is 5.73 Å². The number of benzene rings is 1. The average molecular weight is 229 g/mol. The first-order chi connectivity index (χ1) is 8.08. The molecule has 2 atom stereocenters. The van der Waals surface area contributed by atoms with E-state index >= 15 is 0 Å². The molecule has 0 aliphatic rings. The molecule has 0 aliphatic heterocycles. The van der Waals surface area contributed by atoms with Gasteiger partial charge in [0.15, 0.2) is 0 Å². The van der Waals surface area contributed by atoms with Gasteiger partial charge in [0.2, 0.25) is 0 Å². The van der Waals surface area contributed by atoms with Gasteiger partial charge >= 0.3 is 0 Å². The summed E-state index contributed by atoms with van der Waals surface area (Å²) >= 11 is 0. The molecule has 3 nitrogen and oxygen atoms in total. The number of aromatic nitrogens is 2. The minimum Gasteiger partial charge on any atom is -0.326 e. The van der Waals surface area contributed by atoms with E-state index in [1.54, 1.807) is 0 Å². The molecular formula is C14H19N3. The number of aryl methyl sites for hydroxylation is 2. The summed E-state index contributed by atoms with van der Waals surface area (Å²) in [4.78, 5) is 0. The van der Waals surface area contributed by atoms with E-state index in [0.29, 0.717) is 0 Å². The molecule has 0 fully saturated rings. The van der Waals surface area contributed by atoms with Crippen LogP contribution in [0.1, 0.15) is 29.7 Å². The molecule has 0 saturated heterocycles. The van der Waals surface area contributed by atoms with Crippen molar-refractivity contribution in [3.8, 4) is 0 Å². The third-order valence-electron chi connectivity index (χ3n) is 2.93. The largest absolute Gasteiger partial charge is 0.326 e.